The summed E-state index contributed by atoms with van der Waals surface area (Å²) in [6.07, 6.45) is 1.80. The Balaban J connectivity index is 2.14. The van der Waals surface area contributed by atoms with Crippen molar-refractivity contribution in [1.29, 1.82) is 0 Å². The highest BCUT2D eigenvalue weighted by Crippen LogP contribution is 2.30. The molecule has 0 radical (unpaired) electrons. The molecule has 0 saturated heterocycles. The van der Waals surface area contributed by atoms with E-state index in [2.05, 4.69) is 42.3 Å². The van der Waals surface area contributed by atoms with Crippen molar-refractivity contribution in [2.24, 2.45) is 7.05 Å². The number of halogens is 2. The standard InChI is InChI=1S/C11H11Br2N3/c1-16-8(5-6-15-16)7-14-11-9(12)3-2-4-10(11)13/h2-6,14H,7H2,1H3. The van der Waals surface area contributed by atoms with Crippen molar-refractivity contribution in [3.8, 4) is 0 Å². The Morgan fingerprint density at radius 3 is 2.50 bits per heavy atom. The fraction of sp³-hybridized carbons (Fsp3) is 0.182. The average molecular weight is 345 g/mol. The molecule has 0 unspecified atom stereocenters. The summed E-state index contributed by atoms with van der Waals surface area (Å²) in [5.74, 6) is 0. The molecule has 0 amide bonds. The summed E-state index contributed by atoms with van der Waals surface area (Å²) >= 11 is 7.03. The van der Waals surface area contributed by atoms with Crippen molar-refractivity contribution < 1.29 is 0 Å². The van der Waals surface area contributed by atoms with Crippen LogP contribution in [0.3, 0.4) is 0 Å². The number of para-hydroxylation sites is 1. The first-order valence-electron chi connectivity index (χ1n) is 4.83. The number of hydrogen-bond donors (Lipinski definition) is 1. The molecule has 0 fully saturated rings. The minimum Gasteiger partial charge on any atom is -0.378 e. The van der Waals surface area contributed by atoms with Gasteiger partial charge in [0.05, 0.1) is 17.9 Å². The Labute approximate surface area is 111 Å². The summed E-state index contributed by atoms with van der Waals surface area (Å²) in [6.45, 7) is 0.748. The number of hydrogen-bond acceptors (Lipinski definition) is 2. The van der Waals surface area contributed by atoms with Crippen LogP contribution in [0.25, 0.3) is 0 Å². The number of benzene rings is 1. The zero-order valence-electron chi connectivity index (χ0n) is 8.74. The molecule has 1 N–H and O–H groups in total. The van der Waals surface area contributed by atoms with E-state index >= 15 is 0 Å². The van der Waals surface area contributed by atoms with E-state index in [1.807, 2.05) is 36.0 Å². The second-order valence-electron chi connectivity index (χ2n) is 3.40. The molecule has 84 valence electrons. The Morgan fingerprint density at radius 2 is 1.94 bits per heavy atom. The van der Waals surface area contributed by atoms with Crippen LogP contribution in [-0.4, -0.2) is 9.78 Å². The lowest BCUT2D eigenvalue weighted by atomic mass is 10.3. The molecule has 16 heavy (non-hydrogen) atoms. The quantitative estimate of drug-likeness (QED) is 0.922. The fourth-order valence-electron chi connectivity index (χ4n) is 1.42. The largest absolute Gasteiger partial charge is 0.378 e. The van der Waals surface area contributed by atoms with Crippen molar-refractivity contribution in [2.75, 3.05) is 5.32 Å². The van der Waals surface area contributed by atoms with Gasteiger partial charge in [0.15, 0.2) is 0 Å². The lowest BCUT2D eigenvalue weighted by molar-refractivity contribution is 0.720. The highest BCUT2D eigenvalue weighted by Gasteiger charge is 2.05. The summed E-state index contributed by atoms with van der Waals surface area (Å²) in [7, 11) is 1.94. The van der Waals surface area contributed by atoms with E-state index in [1.165, 1.54) is 0 Å². The molecule has 2 aromatic rings. The minimum atomic E-state index is 0.748. The Morgan fingerprint density at radius 1 is 1.25 bits per heavy atom. The smallest absolute Gasteiger partial charge is 0.0632 e. The number of rotatable bonds is 3. The molecule has 0 aliphatic heterocycles. The molecule has 2 rings (SSSR count). The summed E-state index contributed by atoms with van der Waals surface area (Å²) in [6, 6.07) is 8.01. The summed E-state index contributed by atoms with van der Waals surface area (Å²) < 4.78 is 3.95. The topological polar surface area (TPSA) is 29.9 Å². The molecule has 0 bridgehead atoms. The summed E-state index contributed by atoms with van der Waals surface area (Å²) in [5.41, 5.74) is 2.20. The molecule has 1 heterocycles. The second kappa shape index (κ2) is 5.01. The highest BCUT2D eigenvalue weighted by molar-refractivity contribution is 9.11. The van der Waals surface area contributed by atoms with Crippen molar-refractivity contribution in [3.63, 3.8) is 0 Å². The van der Waals surface area contributed by atoms with E-state index in [9.17, 15) is 0 Å². The highest BCUT2D eigenvalue weighted by atomic mass is 79.9. The van der Waals surface area contributed by atoms with Gasteiger partial charge in [-0.2, -0.15) is 5.10 Å². The molecule has 0 spiro atoms. The zero-order chi connectivity index (χ0) is 11.5. The van der Waals surface area contributed by atoms with E-state index < -0.39 is 0 Å². The van der Waals surface area contributed by atoms with Crippen LogP contribution in [0.1, 0.15) is 5.69 Å². The maximum atomic E-state index is 4.13. The minimum absolute atomic E-state index is 0.748. The predicted molar refractivity (Wildman–Crippen MR) is 72.4 cm³/mol. The van der Waals surface area contributed by atoms with Crippen LogP contribution >= 0.6 is 31.9 Å². The van der Waals surface area contributed by atoms with Crippen molar-refractivity contribution >= 4 is 37.5 Å². The fourth-order valence-corrected chi connectivity index (χ4v) is 2.70. The molecular weight excluding hydrogens is 334 g/mol. The van der Waals surface area contributed by atoms with E-state index in [-0.39, 0.29) is 0 Å². The van der Waals surface area contributed by atoms with Gasteiger partial charge >= 0.3 is 0 Å². The van der Waals surface area contributed by atoms with Gasteiger partial charge in [-0.15, -0.1) is 0 Å². The second-order valence-corrected chi connectivity index (χ2v) is 5.11. The third-order valence-electron chi connectivity index (χ3n) is 2.33. The maximum Gasteiger partial charge on any atom is 0.0632 e. The van der Waals surface area contributed by atoms with Crippen molar-refractivity contribution in [2.45, 2.75) is 6.54 Å². The third-order valence-corrected chi connectivity index (χ3v) is 3.65. The molecule has 0 atom stereocenters. The Hall–Kier alpha value is -0.810. The van der Waals surface area contributed by atoms with Crippen LogP contribution in [-0.2, 0) is 13.6 Å². The van der Waals surface area contributed by atoms with Gasteiger partial charge in [-0.1, -0.05) is 6.07 Å². The zero-order valence-corrected chi connectivity index (χ0v) is 11.9. The van der Waals surface area contributed by atoms with Gasteiger partial charge in [0.2, 0.25) is 0 Å². The lowest BCUT2D eigenvalue weighted by Crippen LogP contribution is -2.06. The first kappa shape index (κ1) is 11.7. The van der Waals surface area contributed by atoms with Crippen molar-refractivity contribution in [1.82, 2.24) is 9.78 Å². The van der Waals surface area contributed by atoms with E-state index in [1.54, 1.807) is 6.20 Å². The Bertz CT molecular complexity index is 473. The SMILES string of the molecule is Cn1nccc1CNc1c(Br)cccc1Br. The van der Waals surface area contributed by atoms with Gasteiger partial charge in [-0.05, 0) is 50.1 Å². The molecule has 0 aliphatic carbocycles. The first-order chi connectivity index (χ1) is 7.68. The van der Waals surface area contributed by atoms with Gasteiger partial charge < -0.3 is 5.32 Å². The van der Waals surface area contributed by atoms with Crippen LogP contribution in [0, 0.1) is 0 Å². The van der Waals surface area contributed by atoms with Gasteiger partial charge in [-0.3, -0.25) is 4.68 Å². The summed E-state index contributed by atoms with van der Waals surface area (Å²) in [5, 5.41) is 7.50. The van der Waals surface area contributed by atoms with Gasteiger partial charge in [0.25, 0.3) is 0 Å². The number of nitrogens with one attached hydrogen (secondary N) is 1. The van der Waals surface area contributed by atoms with Crippen LogP contribution in [0.2, 0.25) is 0 Å². The van der Waals surface area contributed by atoms with E-state index in [0.717, 1.165) is 26.9 Å². The monoisotopic (exact) mass is 343 g/mol. The first-order valence-corrected chi connectivity index (χ1v) is 6.42. The molecule has 0 aliphatic rings. The van der Waals surface area contributed by atoms with E-state index in [0.29, 0.717) is 0 Å². The Kier molecular flexibility index (Phi) is 3.66. The molecular formula is C11H11Br2N3. The lowest BCUT2D eigenvalue weighted by Gasteiger charge is -2.10. The molecule has 1 aromatic carbocycles. The summed E-state index contributed by atoms with van der Waals surface area (Å²) in [4.78, 5) is 0. The van der Waals surface area contributed by atoms with Gasteiger partial charge in [-0.25, -0.2) is 0 Å². The maximum absolute atomic E-state index is 4.13. The number of aryl methyl sites for hydroxylation is 1. The normalized spacial score (nSPS) is 10.4. The average Bonchev–Trinajstić information content (AvgIpc) is 2.64. The predicted octanol–water partition coefficient (Wildman–Crippen LogP) is 3.56. The molecule has 3 nitrogen and oxygen atoms in total. The van der Waals surface area contributed by atoms with Crippen LogP contribution in [0.15, 0.2) is 39.4 Å². The van der Waals surface area contributed by atoms with Crippen LogP contribution in [0.5, 0.6) is 0 Å². The van der Waals surface area contributed by atoms with Crippen LogP contribution in [0.4, 0.5) is 5.69 Å². The number of aromatic nitrogens is 2. The molecule has 1 aromatic heterocycles. The number of nitrogens with zero attached hydrogens (tertiary/aromatic N) is 2. The third kappa shape index (κ3) is 2.47. The van der Waals surface area contributed by atoms with Gasteiger partial charge in [0.1, 0.15) is 0 Å². The molecule has 0 saturated carbocycles. The van der Waals surface area contributed by atoms with Crippen LogP contribution < -0.4 is 5.32 Å². The van der Waals surface area contributed by atoms with E-state index in [4.69, 9.17) is 0 Å². The molecule has 5 heteroatoms. The van der Waals surface area contributed by atoms with Crippen molar-refractivity contribution in [3.05, 3.63) is 45.1 Å². The number of anilines is 1. The van der Waals surface area contributed by atoms with Gasteiger partial charge in [0, 0.05) is 22.2 Å².